The fourth-order valence-electron chi connectivity index (χ4n) is 4.69. The molecule has 0 bridgehead atoms. The molecule has 1 saturated heterocycles. The molecule has 2 aliphatic heterocycles. The molecule has 2 aromatic carbocycles. The summed E-state index contributed by atoms with van der Waals surface area (Å²) in [6, 6.07) is 17.4. The van der Waals surface area contributed by atoms with Crippen LogP contribution in [0.4, 0.5) is 5.69 Å². The Bertz CT molecular complexity index is 856. The molecule has 0 aromatic heterocycles. The predicted molar refractivity (Wildman–Crippen MR) is 123 cm³/mol. The molecule has 0 spiro atoms. The SMILES string of the molecule is Cc1ccc(CN2CCN(CC(=O)N3c4ccccc4CC3CN(C)C)CC2)cc1. The number of carbonyl (C=O) groups is 1. The van der Waals surface area contributed by atoms with Gasteiger partial charge in [-0.05, 0) is 44.6 Å². The van der Waals surface area contributed by atoms with Crippen molar-refractivity contribution in [1.82, 2.24) is 14.7 Å². The van der Waals surface area contributed by atoms with Crippen molar-refractivity contribution in [2.45, 2.75) is 25.9 Å². The Morgan fingerprint density at radius 1 is 0.967 bits per heavy atom. The molecular formula is C25H34N4O. The third-order valence-electron chi connectivity index (χ3n) is 6.27. The summed E-state index contributed by atoms with van der Waals surface area (Å²) in [7, 11) is 4.16. The van der Waals surface area contributed by atoms with Crippen molar-refractivity contribution in [3.63, 3.8) is 0 Å². The third-order valence-corrected chi connectivity index (χ3v) is 6.27. The van der Waals surface area contributed by atoms with Gasteiger partial charge in [0.05, 0.1) is 12.6 Å². The molecule has 0 saturated carbocycles. The van der Waals surface area contributed by atoms with E-state index in [0.29, 0.717) is 6.54 Å². The number of fused-ring (bicyclic) bond motifs is 1. The summed E-state index contributed by atoms with van der Waals surface area (Å²) in [6.07, 6.45) is 0.949. The topological polar surface area (TPSA) is 30.0 Å². The number of hydrogen-bond acceptors (Lipinski definition) is 4. The number of piperazine rings is 1. The molecule has 2 aliphatic rings. The van der Waals surface area contributed by atoms with Crippen LogP contribution < -0.4 is 4.90 Å². The first-order valence-corrected chi connectivity index (χ1v) is 11.0. The van der Waals surface area contributed by atoms with Crippen LogP contribution in [-0.2, 0) is 17.8 Å². The number of hydrogen-bond donors (Lipinski definition) is 0. The minimum Gasteiger partial charge on any atom is -0.307 e. The fraction of sp³-hybridized carbons (Fsp3) is 0.480. The van der Waals surface area contributed by atoms with Crippen LogP contribution >= 0.6 is 0 Å². The summed E-state index contributed by atoms with van der Waals surface area (Å²) >= 11 is 0. The van der Waals surface area contributed by atoms with Crippen LogP contribution in [0, 0.1) is 6.92 Å². The average molecular weight is 407 g/mol. The highest BCUT2D eigenvalue weighted by atomic mass is 16.2. The highest BCUT2D eigenvalue weighted by Gasteiger charge is 2.34. The van der Waals surface area contributed by atoms with E-state index in [1.165, 1.54) is 16.7 Å². The van der Waals surface area contributed by atoms with Crippen LogP contribution in [0.5, 0.6) is 0 Å². The van der Waals surface area contributed by atoms with Gasteiger partial charge in [-0.3, -0.25) is 14.6 Å². The highest BCUT2D eigenvalue weighted by molar-refractivity contribution is 5.97. The third kappa shape index (κ3) is 4.91. The second kappa shape index (κ2) is 9.29. The van der Waals surface area contributed by atoms with Gasteiger partial charge in [-0.15, -0.1) is 0 Å². The number of aryl methyl sites for hydroxylation is 1. The maximum atomic E-state index is 13.3. The molecule has 0 aliphatic carbocycles. The minimum atomic E-state index is 0.229. The Morgan fingerprint density at radius 3 is 2.33 bits per heavy atom. The molecule has 1 atom stereocenters. The van der Waals surface area contributed by atoms with Crippen LogP contribution in [0.15, 0.2) is 48.5 Å². The van der Waals surface area contributed by atoms with E-state index in [0.717, 1.165) is 51.4 Å². The normalized spacial score (nSPS) is 20.0. The predicted octanol–water partition coefficient (Wildman–Crippen LogP) is 2.63. The summed E-state index contributed by atoms with van der Waals surface area (Å²) in [5, 5.41) is 0. The average Bonchev–Trinajstić information content (AvgIpc) is 3.08. The lowest BCUT2D eigenvalue weighted by Gasteiger charge is -2.36. The Hall–Kier alpha value is -2.21. The maximum Gasteiger partial charge on any atom is 0.241 e. The second-order valence-corrected chi connectivity index (χ2v) is 9.05. The van der Waals surface area contributed by atoms with Crippen LogP contribution in [0.25, 0.3) is 0 Å². The van der Waals surface area contributed by atoms with Crippen LogP contribution in [-0.4, -0.2) is 80.0 Å². The van der Waals surface area contributed by atoms with E-state index in [4.69, 9.17) is 0 Å². The van der Waals surface area contributed by atoms with Gasteiger partial charge >= 0.3 is 0 Å². The number of benzene rings is 2. The van der Waals surface area contributed by atoms with Crippen molar-refractivity contribution in [2.24, 2.45) is 0 Å². The molecule has 1 amide bonds. The first-order valence-electron chi connectivity index (χ1n) is 11.0. The van der Waals surface area contributed by atoms with Gasteiger partial charge in [0.2, 0.25) is 5.91 Å². The number of amides is 1. The standard InChI is InChI=1S/C25H34N4O/c1-20-8-10-21(11-9-20)17-27-12-14-28(15-13-27)19-25(30)29-23(18-26(2)3)16-22-6-4-5-7-24(22)29/h4-11,23H,12-19H2,1-3H3. The van der Waals surface area contributed by atoms with Crippen molar-refractivity contribution in [2.75, 3.05) is 58.3 Å². The molecule has 4 rings (SSSR count). The molecule has 2 aromatic rings. The van der Waals surface area contributed by atoms with Crippen molar-refractivity contribution < 1.29 is 4.79 Å². The first-order chi connectivity index (χ1) is 14.5. The van der Waals surface area contributed by atoms with Crippen molar-refractivity contribution in [3.8, 4) is 0 Å². The lowest BCUT2D eigenvalue weighted by molar-refractivity contribution is -0.120. The van der Waals surface area contributed by atoms with Crippen LogP contribution in [0.3, 0.4) is 0 Å². The molecule has 5 nitrogen and oxygen atoms in total. The highest BCUT2D eigenvalue weighted by Crippen LogP contribution is 2.32. The molecule has 1 fully saturated rings. The number of anilines is 1. The molecule has 0 radical (unpaired) electrons. The molecular weight excluding hydrogens is 372 g/mol. The first kappa shape index (κ1) is 21.0. The summed E-state index contributed by atoms with van der Waals surface area (Å²) in [6.45, 7) is 8.45. The van der Waals surface area contributed by atoms with Crippen LogP contribution in [0.1, 0.15) is 16.7 Å². The van der Waals surface area contributed by atoms with Crippen LogP contribution in [0.2, 0.25) is 0 Å². The van der Waals surface area contributed by atoms with E-state index >= 15 is 0 Å². The van der Waals surface area contributed by atoms with Gasteiger partial charge in [-0.25, -0.2) is 0 Å². The summed E-state index contributed by atoms with van der Waals surface area (Å²) in [5.74, 6) is 0.235. The second-order valence-electron chi connectivity index (χ2n) is 9.05. The number of nitrogens with zero attached hydrogens (tertiary/aromatic N) is 4. The zero-order chi connectivity index (χ0) is 21.1. The van der Waals surface area contributed by atoms with Gasteiger partial charge in [-0.2, -0.15) is 0 Å². The van der Waals surface area contributed by atoms with Gasteiger partial charge in [0, 0.05) is 45.0 Å². The number of rotatable bonds is 6. The van der Waals surface area contributed by atoms with E-state index in [1.807, 2.05) is 6.07 Å². The molecule has 160 valence electrons. The van der Waals surface area contributed by atoms with E-state index in [9.17, 15) is 4.79 Å². The van der Waals surface area contributed by atoms with Gasteiger partial charge in [0.25, 0.3) is 0 Å². The van der Waals surface area contributed by atoms with E-state index in [-0.39, 0.29) is 11.9 Å². The summed E-state index contributed by atoms with van der Waals surface area (Å²) in [5.41, 5.74) is 5.07. The summed E-state index contributed by atoms with van der Waals surface area (Å²) < 4.78 is 0. The number of likely N-dealkylation sites (N-methyl/N-ethyl adjacent to an activating group) is 1. The Balaban J connectivity index is 1.34. The molecule has 1 unspecified atom stereocenters. The Labute approximate surface area is 180 Å². The minimum absolute atomic E-state index is 0.229. The van der Waals surface area contributed by atoms with Gasteiger partial charge in [0.1, 0.15) is 0 Å². The Kier molecular flexibility index (Phi) is 6.52. The van der Waals surface area contributed by atoms with Gasteiger partial charge < -0.3 is 9.80 Å². The number of para-hydroxylation sites is 1. The fourth-order valence-corrected chi connectivity index (χ4v) is 4.69. The molecule has 30 heavy (non-hydrogen) atoms. The largest absolute Gasteiger partial charge is 0.307 e. The molecule has 2 heterocycles. The van der Waals surface area contributed by atoms with E-state index in [1.54, 1.807) is 0 Å². The van der Waals surface area contributed by atoms with Crippen molar-refractivity contribution >= 4 is 11.6 Å². The zero-order valence-corrected chi connectivity index (χ0v) is 18.6. The van der Waals surface area contributed by atoms with Gasteiger partial charge in [0.15, 0.2) is 0 Å². The molecule has 5 heteroatoms. The van der Waals surface area contributed by atoms with E-state index < -0.39 is 0 Å². The quantitative estimate of drug-likeness (QED) is 0.738. The Morgan fingerprint density at radius 2 is 1.63 bits per heavy atom. The monoisotopic (exact) mass is 406 g/mol. The van der Waals surface area contributed by atoms with Crippen molar-refractivity contribution in [3.05, 3.63) is 65.2 Å². The lowest BCUT2D eigenvalue weighted by atomic mass is 10.1. The lowest BCUT2D eigenvalue weighted by Crippen LogP contribution is -2.52. The number of carbonyl (C=O) groups excluding carboxylic acids is 1. The smallest absolute Gasteiger partial charge is 0.241 e. The van der Waals surface area contributed by atoms with E-state index in [2.05, 4.69) is 83.1 Å². The van der Waals surface area contributed by atoms with Crippen molar-refractivity contribution in [1.29, 1.82) is 0 Å². The maximum absolute atomic E-state index is 13.3. The summed E-state index contributed by atoms with van der Waals surface area (Å²) in [4.78, 5) is 22.4. The molecule has 0 N–H and O–H groups in total. The zero-order valence-electron chi connectivity index (χ0n) is 18.6. The van der Waals surface area contributed by atoms with Gasteiger partial charge in [-0.1, -0.05) is 48.0 Å².